The summed E-state index contributed by atoms with van der Waals surface area (Å²) in [4.78, 5) is 2.48. The van der Waals surface area contributed by atoms with E-state index >= 15 is 0 Å². The third-order valence-electron chi connectivity index (χ3n) is 4.08. The number of hydrogen-bond acceptors (Lipinski definition) is 3. The molecule has 1 fully saturated rings. The van der Waals surface area contributed by atoms with Gasteiger partial charge in [0.15, 0.2) is 0 Å². The van der Waals surface area contributed by atoms with Gasteiger partial charge in [0.2, 0.25) is 0 Å². The fraction of sp³-hybridized carbons (Fsp3) is 0.647. The monoisotopic (exact) mass is 310 g/mol. The van der Waals surface area contributed by atoms with Gasteiger partial charge in [-0.15, -0.1) is 0 Å². The molecule has 0 radical (unpaired) electrons. The van der Waals surface area contributed by atoms with Gasteiger partial charge in [0.05, 0.1) is 18.8 Å². The molecular weight excluding hydrogens is 284 g/mol. The molecule has 2 atom stereocenters. The Labute approximate surface area is 133 Å². The van der Waals surface area contributed by atoms with E-state index in [9.17, 15) is 0 Å². The molecule has 1 aromatic carbocycles. The first-order valence-electron chi connectivity index (χ1n) is 7.97. The number of nitrogens with zero attached hydrogens (tertiary/aromatic N) is 1. The quantitative estimate of drug-likeness (QED) is 0.870. The molecule has 0 aliphatic carbocycles. The van der Waals surface area contributed by atoms with E-state index < -0.39 is 0 Å². The summed E-state index contributed by atoms with van der Waals surface area (Å²) in [6, 6.07) is 8.79. The van der Waals surface area contributed by atoms with E-state index in [0.717, 1.165) is 43.2 Å². The Morgan fingerprint density at radius 2 is 2.14 bits per heavy atom. The van der Waals surface area contributed by atoms with Gasteiger partial charge in [0.25, 0.3) is 0 Å². The van der Waals surface area contributed by atoms with Crippen molar-refractivity contribution in [1.82, 2.24) is 10.2 Å². The fourth-order valence-corrected chi connectivity index (χ4v) is 3.09. The van der Waals surface area contributed by atoms with E-state index in [2.05, 4.69) is 37.1 Å². The second-order valence-corrected chi connectivity index (χ2v) is 6.36. The largest absolute Gasteiger partial charge is 0.374 e. The number of ether oxygens (including phenoxy) is 1. The minimum Gasteiger partial charge on any atom is -0.374 e. The summed E-state index contributed by atoms with van der Waals surface area (Å²) >= 11 is 6.41. The molecule has 2 rings (SSSR count). The van der Waals surface area contributed by atoms with Gasteiger partial charge in [-0.05, 0) is 38.4 Å². The minimum atomic E-state index is 0.146. The lowest BCUT2D eigenvalue weighted by Gasteiger charge is -2.39. The molecule has 1 aliphatic heterocycles. The maximum Gasteiger partial charge on any atom is 0.0897 e. The third-order valence-corrected chi connectivity index (χ3v) is 4.43. The summed E-state index contributed by atoms with van der Waals surface area (Å²) in [5, 5.41) is 4.44. The highest BCUT2D eigenvalue weighted by Crippen LogP contribution is 2.28. The highest BCUT2D eigenvalue weighted by molar-refractivity contribution is 6.31. The predicted molar refractivity (Wildman–Crippen MR) is 88.9 cm³/mol. The van der Waals surface area contributed by atoms with Crippen LogP contribution in [0.4, 0.5) is 0 Å². The Kier molecular flexibility index (Phi) is 6.49. The zero-order chi connectivity index (χ0) is 15.2. The molecule has 1 N–H and O–H groups in total. The van der Waals surface area contributed by atoms with Crippen LogP contribution in [0, 0.1) is 0 Å². The Hall–Kier alpha value is -0.610. The SMILES string of the molecule is CCCNC(c1ccccc1Cl)C1CN(C(C)C)CCO1. The van der Waals surface area contributed by atoms with E-state index in [-0.39, 0.29) is 12.1 Å². The Morgan fingerprint density at radius 1 is 1.38 bits per heavy atom. The fourth-order valence-electron chi connectivity index (χ4n) is 2.84. The number of rotatable bonds is 6. The summed E-state index contributed by atoms with van der Waals surface area (Å²) in [5.41, 5.74) is 1.14. The van der Waals surface area contributed by atoms with E-state index in [0.29, 0.717) is 6.04 Å². The Bertz CT molecular complexity index is 439. The summed E-state index contributed by atoms with van der Waals surface area (Å²) < 4.78 is 6.06. The molecule has 0 saturated carbocycles. The summed E-state index contributed by atoms with van der Waals surface area (Å²) in [7, 11) is 0. The van der Waals surface area contributed by atoms with Gasteiger partial charge in [-0.25, -0.2) is 0 Å². The molecule has 1 aromatic rings. The van der Waals surface area contributed by atoms with E-state index in [1.54, 1.807) is 0 Å². The summed E-state index contributed by atoms with van der Waals surface area (Å²) in [6.45, 7) is 10.4. The standard InChI is InChI=1S/C17H27ClN2O/c1-4-9-19-17(14-7-5-6-8-15(14)18)16-12-20(13(2)3)10-11-21-16/h5-8,13,16-17,19H,4,9-12H2,1-3H3. The second-order valence-electron chi connectivity index (χ2n) is 5.95. The number of benzene rings is 1. The van der Waals surface area contributed by atoms with Crippen LogP contribution in [0.3, 0.4) is 0 Å². The van der Waals surface area contributed by atoms with Crippen molar-refractivity contribution in [2.75, 3.05) is 26.2 Å². The maximum atomic E-state index is 6.41. The predicted octanol–water partition coefficient (Wildman–Crippen LogP) is 3.49. The van der Waals surface area contributed by atoms with Gasteiger partial charge in [-0.3, -0.25) is 4.90 Å². The molecule has 1 aliphatic rings. The lowest BCUT2D eigenvalue weighted by atomic mass is 9.99. The Balaban J connectivity index is 2.17. The van der Waals surface area contributed by atoms with E-state index in [4.69, 9.17) is 16.3 Å². The van der Waals surface area contributed by atoms with Crippen molar-refractivity contribution in [3.8, 4) is 0 Å². The molecule has 0 spiro atoms. The van der Waals surface area contributed by atoms with Gasteiger partial charge < -0.3 is 10.1 Å². The molecule has 1 heterocycles. The third kappa shape index (κ3) is 4.43. The molecule has 0 bridgehead atoms. The molecule has 21 heavy (non-hydrogen) atoms. The van der Waals surface area contributed by atoms with Gasteiger partial charge >= 0.3 is 0 Å². The van der Waals surface area contributed by atoms with Gasteiger partial charge in [-0.1, -0.05) is 36.7 Å². The molecule has 1 saturated heterocycles. The van der Waals surface area contributed by atoms with Crippen LogP contribution in [-0.4, -0.2) is 43.3 Å². The van der Waals surface area contributed by atoms with Gasteiger partial charge in [0.1, 0.15) is 0 Å². The molecule has 0 amide bonds. The maximum absolute atomic E-state index is 6.41. The van der Waals surface area contributed by atoms with Gasteiger partial charge in [-0.2, -0.15) is 0 Å². The van der Waals surface area contributed by atoms with Gasteiger partial charge in [0, 0.05) is 24.2 Å². The van der Waals surface area contributed by atoms with Crippen LogP contribution < -0.4 is 5.32 Å². The second kappa shape index (κ2) is 8.14. The number of halogens is 1. The lowest BCUT2D eigenvalue weighted by molar-refractivity contribution is -0.0560. The van der Waals surface area contributed by atoms with Crippen LogP contribution in [0.15, 0.2) is 24.3 Å². The van der Waals surface area contributed by atoms with Crippen molar-refractivity contribution >= 4 is 11.6 Å². The number of nitrogens with one attached hydrogen (secondary N) is 1. The van der Waals surface area contributed by atoms with Crippen molar-refractivity contribution in [3.63, 3.8) is 0 Å². The number of morpholine rings is 1. The summed E-state index contributed by atoms with van der Waals surface area (Å²) in [6.07, 6.45) is 1.24. The highest BCUT2D eigenvalue weighted by atomic mass is 35.5. The molecule has 0 aromatic heterocycles. The first-order valence-corrected chi connectivity index (χ1v) is 8.34. The smallest absolute Gasteiger partial charge is 0.0897 e. The van der Waals surface area contributed by atoms with Crippen molar-refractivity contribution in [2.45, 2.75) is 45.4 Å². The van der Waals surface area contributed by atoms with Crippen LogP contribution in [0.1, 0.15) is 38.8 Å². The first kappa shape index (κ1) is 16.8. The summed E-state index contributed by atoms with van der Waals surface area (Å²) in [5.74, 6) is 0. The average molecular weight is 311 g/mol. The molecule has 2 unspecified atom stereocenters. The Morgan fingerprint density at radius 3 is 2.81 bits per heavy atom. The minimum absolute atomic E-state index is 0.146. The molecular formula is C17H27ClN2O. The van der Waals surface area contributed by atoms with E-state index in [1.807, 2.05) is 18.2 Å². The van der Waals surface area contributed by atoms with Crippen LogP contribution >= 0.6 is 11.6 Å². The topological polar surface area (TPSA) is 24.5 Å². The first-order chi connectivity index (χ1) is 10.1. The van der Waals surface area contributed by atoms with Crippen LogP contribution in [0.5, 0.6) is 0 Å². The zero-order valence-corrected chi connectivity index (χ0v) is 14.1. The average Bonchev–Trinajstić information content (AvgIpc) is 2.49. The number of hydrogen-bond donors (Lipinski definition) is 1. The molecule has 3 nitrogen and oxygen atoms in total. The molecule has 4 heteroatoms. The van der Waals surface area contributed by atoms with Crippen LogP contribution in [-0.2, 0) is 4.74 Å². The zero-order valence-electron chi connectivity index (χ0n) is 13.3. The van der Waals surface area contributed by atoms with Crippen LogP contribution in [0.2, 0.25) is 5.02 Å². The van der Waals surface area contributed by atoms with Crippen molar-refractivity contribution in [2.24, 2.45) is 0 Å². The van der Waals surface area contributed by atoms with Crippen molar-refractivity contribution < 1.29 is 4.74 Å². The lowest BCUT2D eigenvalue weighted by Crippen LogP contribution is -2.50. The van der Waals surface area contributed by atoms with Crippen molar-refractivity contribution in [1.29, 1.82) is 0 Å². The van der Waals surface area contributed by atoms with Crippen LogP contribution in [0.25, 0.3) is 0 Å². The normalized spacial score (nSPS) is 21.7. The van der Waals surface area contributed by atoms with Crippen molar-refractivity contribution in [3.05, 3.63) is 34.9 Å². The highest BCUT2D eigenvalue weighted by Gasteiger charge is 2.30. The van der Waals surface area contributed by atoms with E-state index in [1.165, 1.54) is 0 Å². The molecule has 118 valence electrons.